The van der Waals surface area contributed by atoms with Gasteiger partial charge in [0, 0.05) is 0 Å². The second-order valence-electron chi connectivity index (χ2n) is 4.13. The van der Waals surface area contributed by atoms with Crippen LogP contribution < -0.4 is 0 Å². The third kappa shape index (κ3) is 1.06. The van der Waals surface area contributed by atoms with Crippen molar-refractivity contribution in [3.63, 3.8) is 0 Å². The molecular weight excluding hydrogens is 146 g/mol. The average Bonchev–Trinajstić information content (AvgIpc) is 2.62. The van der Waals surface area contributed by atoms with Gasteiger partial charge in [0.05, 0.1) is 12.5 Å². The molecule has 3 unspecified atom stereocenters. The van der Waals surface area contributed by atoms with Crippen LogP contribution in [-0.4, -0.2) is 0 Å². The van der Waals surface area contributed by atoms with E-state index in [0.717, 1.165) is 17.8 Å². The highest BCUT2D eigenvalue weighted by atomic mass is 14.5. The molecule has 2 bridgehead atoms. The first-order valence-electron chi connectivity index (χ1n) is 4.90. The van der Waals surface area contributed by atoms with Gasteiger partial charge in [-0.3, -0.25) is 0 Å². The molecule has 2 rings (SSSR count). The maximum Gasteiger partial charge on any atom is 0.0663 e. The van der Waals surface area contributed by atoms with E-state index in [2.05, 4.69) is 19.1 Å². The lowest BCUT2D eigenvalue weighted by Crippen LogP contribution is -2.09. The van der Waals surface area contributed by atoms with Crippen molar-refractivity contribution in [3.05, 3.63) is 11.6 Å². The summed E-state index contributed by atoms with van der Waals surface area (Å²) in [5, 5.41) is 8.49. The van der Waals surface area contributed by atoms with Gasteiger partial charge < -0.3 is 0 Å². The molecule has 0 saturated heterocycles. The molecule has 0 amide bonds. The van der Waals surface area contributed by atoms with E-state index < -0.39 is 0 Å². The van der Waals surface area contributed by atoms with Crippen molar-refractivity contribution in [1.82, 2.24) is 0 Å². The van der Waals surface area contributed by atoms with Gasteiger partial charge >= 0.3 is 0 Å². The van der Waals surface area contributed by atoms with Crippen molar-refractivity contribution in [3.8, 4) is 6.07 Å². The Morgan fingerprint density at radius 1 is 1.58 bits per heavy atom. The Balaban J connectivity index is 2.13. The molecule has 2 aliphatic carbocycles. The van der Waals surface area contributed by atoms with Gasteiger partial charge in [-0.2, -0.15) is 5.26 Å². The quantitative estimate of drug-likeness (QED) is 0.542. The number of fused-ring (bicyclic) bond motifs is 2. The Kier molecular flexibility index (Phi) is 1.92. The predicted octanol–water partition coefficient (Wildman–Crippen LogP) is 2.89. The lowest BCUT2D eigenvalue weighted by Gasteiger charge is -2.20. The normalized spacial score (nSPS) is 42.0. The Labute approximate surface area is 74.1 Å². The van der Waals surface area contributed by atoms with Crippen molar-refractivity contribution in [2.75, 3.05) is 0 Å². The highest BCUT2D eigenvalue weighted by Crippen LogP contribution is 2.51. The highest BCUT2D eigenvalue weighted by Gasteiger charge is 2.40. The zero-order valence-electron chi connectivity index (χ0n) is 7.59. The molecule has 1 heteroatoms. The van der Waals surface area contributed by atoms with Crippen LogP contribution in [0.1, 0.15) is 32.6 Å². The fraction of sp³-hybridized carbons (Fsp3) is 0.727. The van der Waals surface area contributed by atoms with Crippen molar-refractivity contribution in [1.29, 1.82) is 5.26 Å². The minimum Gasteiger partial charge on any atom is -0.198 e. The first-order valence-corrected chi connectivity index (χ1v) is 4.90. The summed E-state index contributed by atoms with van der Waals surface area (Å²) in [6, 6.07) is 2.20. The maximum atomic E-state index is 8.49. The minimum absolute atomic E-state index is 0.614. The van der Waals surface area contributed by atoms with Crippen LogP contribution >= 0.6 is 0 Å². The number of nitriles is 1. The monoisotopic (exact) mass is 161 g/mol. The average molecular weight is 161 g/mol. The van der Waals surface area contributed by atoms with Crippen molar-refractivity contribution in [2.45, 2.75) is 32.6 Å². The Morgan fingerprint density at radius 2 is 2.42 bits per heavy atom. The summed E-state index contributed by atoms with van der Waals surface area (Å²) >= 11 is 0. The van der Waals surface area contributed by atoms with E-state index in [-0.39, 0.29) is 0 Å². The zero-order valence-corrected chi connectivity index (χ0v) is 7.59. The van der Waals surface area contributed by atoms with Gasteiger partial charge in [-0.15, -0.1) is 0 Å². The van der Waals surface area contributed by atoms with Crippen LogP contribution in [0.15, 0.2) is 11.6 Å². The number of allylic oxidation sites excluding steroid dienone is 2. The first-order chi connectivity index (χ1) is 5.83. The number of rotatable bonds is 1. The van der Waals surface area contributed by atoms with Gasteiger partial charge in [0.25, 0.3) is 0 Å². The molecule has 0 aromatic rings. The highest BCUT2D eigenvalue weighted by molar-refractivity contribution is 5.21. The SMILES string of the molecule is CC1C(=CCC#N)C2CCC1C2. The van der Waals surface area contributed by atoms with Gasteiger partial charge in [0.1, 0.15) is 0 Å². The summed E-state index contributed by atoms with van der Waals surface area (Å²) in [7, 11) is 0. The summed E-state index contributed by atoms with van der Waals surface area (Å²) < 4.78 is 0. The van der Waals surface area contributed by atoms with Crippen LogP contribution in [0.4, 0.5) is 0 Å². The molecule has 1 nitrogen and oxygen atoms in total. The molecule has 0 heterocycles. The fourth-order valence-corrected chi connectivity index (χ4v) is 2.93. The van der Waals surface area contributed by atoms with Crippen LogP contribution in [0.2, 0.25) is 0 Å². The Morgan fingerprint density at radius 3 is 3.00 bits per heavy atom. The van der Waals surface area contributed by atoms with E-state index in [1.165, 1.54) is 19.3 Å². The molecule has 2 fully saturated rings. The number of hydrogen-bond acceptors (Lipinski definition) is 1. The van der Waals surface area contributed by atoms with Crippen LogP contribution in [0.25, 0.3) is 0 Å². The number of hydrogen-bond donors (Lipinski definition) is 0. The molecule has 0 radical (unpaired) electrons. The molecule has 0 aromatic carbocycles. The molecule has 12 heavy (non-hydrogen) atoms. The maximum absolute atomic E-state index is 8.49. The van der Waals surface area contributed by atoms with Crippen molar-refractivity contribution >= 4 is 0 Å². The van der Waals surface area contributed by atoms with Gasteiger partial charge in [-0.05, 0) is 37.0 Å². The summed E-state index contributed by atoms with van der Waals surface area (Å²) in [4.78, 5) is 0. The van der Waals surface area contributed by atoms with Crippen LogP contribution in [0.3, 0.4) is 0 Å². The largest absolute Gasteiger partial charge is 0.198 e. The molecule has 0 aliphatic heterocycles. The lowest BCUT2D eigenvalue weighted by atomic mass is 9.85. The third-order valence-electron chi connectivity index (χ3n) is 3.61. The second kappa shape index (κ2) is 2.94. The predicted molar refractivity (Wildman–Crippen MR) is 48.3 cm³/mol. The van der Waals surface area contributed by atoms with E-state index in [1.54, 1.807) is 5.57 Å². The van der Waals surface area contributed by atoms with Crippen LogP contribution in [-0.2, 0) is 0 Å². The molecule has 0 spiro atoms. The van der Waals surface area contributed by atoms with E-state index in [0.29, 0.717) is 6.42 Å². The van der Waals surface area contributed by atoms with E-state index in [1.807, 2.05) is 0 Å². The zero-order chi connectivity index (χ0) is 8.55. The van der Waals surface area contributed by atoms with Gasteiger partial charge in [0.2, 0.25) is 0 Å². The summed E-state index contributed by atoms with van der Waals surface area (Å²) in [6.45, 7) is 2.33. The molecule has 0 N–H and O–H groups in total. The second-order valence-corrected chi connectivity index (χ2v) is 4.13. The molecule has 2 saturated carbocycles. The molecule has 2 aliphatic rings. The molecule has 3 atom stereocenters. The smallest absolute Gasteiger partial charge is 0.0663 e. The van der Waals surface area contributed by atoms with E-state index in [9.17, 15) is 0 Å². The van der Waals surface area contributed by atoms with Crippen molar-refractivity contribution in [2.24, 2.45) is 17.8 Å². The van der Waals surface area contributed by atoms with Crippen LogP contribution in [0, 0.1) is 29.1 Å². The summed E-state index contributed by atoms with van der Waals surface area (Å²) in [5.74, 6) is 2.57. The van der Waals surface area contributed by atoms with Crippen molar-refractivity contribution < 1.29 is 0 Å². The third-order valence-corrected chi connectivity index (χ3v) is 3.61. The minimum atomic E-state index is 0.614. The summed E-state index contributed by atoms with van der Waals surface area (Å²) in [5.41, 5.74) is 1.59. The van der Waals surface area contributed by atoms with Gasteiger partial charge in [-0.1, -0.05) is 18.6 Å². The van der Waals surface area contributed by atoms with Gasteiger partial charge in [0.15, 0.2) is 0 Å². The standard InChI is InChI=1S/C11H15N/c1-8-9-4-5-10(7-9)11(8)3-2-6-12/h3,8-10H,2,4-5,7H2,1H3. The molecule has 0 aromatic heterocycles. The van der Waals surface area contributed by atoms with Gasteiger partial charge in [-0.25, -0.2) is 0 Å². The molecular formula is C11H15N. The Hall–Kier alpha value is -0.770. The van der Waals surface area contributed by atoms with Crippen LogP contribution in [0.5, 0.6) is 0 Å². The number of nitrogens with zero attached hydrogens (tertiary/aromatic N) is 1. The lowest BCUT2D eigenvalue weighted by molar-refractivity contribution is 0.434. The summed E-state index contributed by atoms with van der Waals surface area (Å²) in [6.07, 6.45) is 7.00. The topological polar surface area (TPSA) is 23.8 Å². The van der Waals surface area contributed by atoms with E-state index >= 15 is 0 Å². The fourth-order valence-electron chi connectivity index (χ4n) is 2.93. The Bertz CT molecular complexity index is 242. The first kappa shape index (κ1) is 7.86. The molecule has 64 valence electrons. The van der Waals surface area contributed by atoms with E-state index in [4.69, 9.17) is 5.26 Å².